The first-order valence-electron chi connectivity index (χ1n) is 11.3. The molecule has 2 aliphatic heterocycles. The monoisotopic (exact) mass is 483 g/mol. The summed E-state index contributed by atoms with van der Waals surface area (Å²) in [7, 11) is 0. The Morgan fingerprint density at radius 1 is 1.00 bits per heavy atom. The number of aromatic carboxylic acids is 2. The molecular weight excluding hydrogens is 458 g/mol. The molecule has 35 heavy (non-hydrogen) atoms. The fourth-order valence-electron chi connectivity index (χ4n) is 4.93. The second kappa shape index (κ2) is 7.96. The van der Waals surface area contributed by atoms with E-state index in [1.54, 1.807) is 45.0 Å². The highest BCUT2D eigenvalue weighted by molar-refractivity contribution is 6.11. The van der Waals surface area contributed by atoms with Gasteiger partial charge in [-0.2, -0.15) is 0 Å². The number of carbonyl (C=O) groups is 3. The number of ether oxygens (including phenoxy) is 4. The second-order valence-electron chi connectivity index (χ2n) is 9.67. The Morgan fingerprint density at radius 2 is 1.66 bits per heavy atom. The zero-order valence-electron chi connectivity index (χ0n) is 19.5. The van der Waals surface area contributed by atoms with Crippen LogP contribution < -0.4 is 9.64 Å². The third-order valence-electron chi connectivity index (χ3n) is 6.21. The standard InChI is InChI=1S/C25H25NO9/c1-24(2,3)35-23(31)26-15-6-4-5-7-16(15)34-20-18(22(29)30)17(21(27)28)14-12-25(32-10-11-33-25)9-8-13(14)19(20)26/h4-7H,8-12H2,1-3H3,(H,27,28)(H,29,30). The topological polar surface area (TPSA) is 132 Å². The number of benzene rings is 2. The maximum Gasteiger partial charge on any atom is 0.419 e. The molecule has 1 fully saturated rings. The smallest absolute Gasteiger partial charge is 0.419 e. The highest BCUT2D eigenvalue weighted by Gasteiger charge is 2.47. The summed E-state index contributed by atoms with van der Waals surface area (Å²) in [5, 5.41) is 20.3. The Morgan fingerprint density at radius 3 is 2.29 bits per heavy atom. The van der Waals surface area contributed by atoms with E-state index in [0.29, 0.717) is 30.9 Å². The molecule has 2 aromatic rings. The maximum atomic E-state index is 13.5. The number of carboxylic acids is 2. The van der Waals surface area contributed by atoms with Crippen LogP contribution in [-0.2, 0) is 27.1 Å². The van der Waals surface area contributed by atoms with Crippen LogP contribution in [0, 0.1) is 0 Å². The second-order valence-corrected chi connectivity index (χ2v) is 9.67. The lowest BCUT2D eigenvalue weighted by atomic mass is 9.80. The van der Waals surface area contributed by atoms with Crippen molar-refractivity contribution in [3.05, 3.63) is 46.5 Å². The van der Waals surface area contributed by atoms with Crippen LogP contribution >= 0.6 is 0 Å². The normalized spacial score (nSPS) is 17.7. The molecular formula is C25H25NO9. The van der Waals surface area contributed by atoms with Gasteiger partial charge in [-0.25, -0.2) is 19.3 Å². The van der Waals surface area contributed by atoms with Crippen LogP contribution in [0.5, 0.6) is 11.5 Å². The molecule has 1 saturated heterocycles. The van der Waals surface area contributed by atoms with Crippen LogP contribution in [0.1, 0.15) is 59.0 Å². The Hall–Kier alpha value is -3.63. The quantitative estimate of drug-likeness (QED) is 0.634. The number of fused-ring (bicyclic) bond motifs is 4. The molecule has 1 spiro atoms. The van der Waals surface area contributed by atoms with E-state index >= 15 is 0 Å². The van der Waals surface area contributed by atoms with Crippen LogP contribution in [0.4, 0.5) is 16.2 Å². The molecule has 2 N–H and O–H groups in total. The first kappa shape index (κ1) is 23.1. The van der Waals surface area contributed by atoms with Crippen molar-refractivity contribution in [1.29, 1.82) is 0 Å². The summed E-state index contributed by atoms with van der Waals surface area (Å²) in [6.07, 6.45) is -0.0177. The van der Waals surface area contributed by atoms with Gasteiger partial charge in [0.2, 0.25) is 0 Å². The molecule has 0 unspecified atom stereocenters. The van der Waals surface area contributed by atoms with Crippen molar-refractivity contribution in [3.63, 3.8) is 0 Å². The van der Waals surface area contributed by atoms with Crippen molar-refractivity contribution >= 4 is 29.4 Å². The summed E-state index contributed by atoms with van der Waals surface area (Å²) in [4.78, 5) is 39.7. The molecule has 1 amide bonds. The number of carbonyl (C=O) groups excluding carboxylic acids is 1. The molecule has 0 atom stereocenters. The zero-order chi connectivity index (χ0) is 25.1. The van der Waals surface area contributed by atoms with Crippen molar-refractivity contribution in [2.75, 3.05) is 18.1 Å². The van der Waals surface area contributed by atoms with E-state index in [0.717, 1.165) is 0 Å². The van der Waals surface area contributed by atoms with Gasteiger partial charge in [-0.15, -0.1) is 0 Å². The minimum absolute atomic E-state index is 0.0291. The predicted octanol–water partition coefficient (Wildman–Crippen LogP) is 4.49. The lowest BCUT2D eigenvalue weighted by molar-refractivity contribution is -0.163. The molecule has 2 heterocycles. The van der Waals surface area contributed by atoms with Crippen LogP contribution in [0.2, 0.25) is 0 Å². The summed E-state index contributed by atoms with van der Waals surface area (Å²) in [6, 6.07) is 6.63. The minimum Gasteiger partial charge on any atom is -0.478 e. The maximum absolute atomic E-state index is 13.5. The number of carboxylic acid groups (broad SMARTS) is 2. The van der Waals surface area contributed by atoms with Gasteiger partial charge in [0, 0.05) is 12.8 Å². The Labute approximate surface area is 201 Å². The van der Waals surface area contributed by atoms with Crippen LogP contribution in [-0.4, -0.2) is 52.8 Å². The van der Waals surface area contributed by atoms with Gasteiger partial charge in [-0.05, 0) is 50.5 Å². The summed E-state index contributed by atoms with van der Waals surface area (Å²) >= 11 is 0. The number of para-hydroxylation sites is 2. The fraction of sp³-hybridized carbons (Fsp3) is 0.400. The van der Waals surface area contributed by atoms with E-state index in [4.69, 9.17) is 18.9 Å². The van der Waals surface area contributed by atoms with Crippen molar-refractivity contribution < 1.29 is 43.5 Å². The minimum atomic E-state index is -1.49. The lowest BCUT2D eigenvalue weighted by Crippen LogP contribution is -2.41. The number of anilines is 2. The number of amides is 1. The van der Waals surface area contributed by atoms with E-state index in [1.165, 1.54) is 4.90 Å². The molecule has 10 heteroatoms. The molecule has 0 saturated carbocycles. The van der Waals surface area contributed by atoms with Crippen molar-refractivity contribution in [1.82, 2.24) is 0 Å². The third kappa shape index (κ3) is 3.78. The van der Waals surface area contributed by atoms with Crippen molar-refractivity contribution in [2.45, 2.75) is 51.4 Å². The van der Waals surface area contributed by atoms with Gasteiger partial charge in [0.05, 0.1) is 30.2 Å². The Bertz CT molecular complexity index is 1250. The van der Waals surface area contributed by atoms with Gasteiger partial charge in [0.1, 0.15) is 11.2 Å². The lowest BCUT2D eigenvalue weighted by Gasteiger charge is -2.39. The Kier molecular flexibility index (Phi) is 5.26. The van der Waals surface area contributed by atoms with E-state index in [-0.39, 0.29) is 35.6 Å². The van der Waals surface area contributed by atoms with Crippen LogP contribution in [0.25, 0.3) is 0 Å². The van der Waals surface area contributed by atoms with Crippen LogP contribution in [0.15, 0.2) is 24.3 Å². The first-order chi connectivity index (χ1) is 16.5. The summed E-state index contributed by atoms with van der Waals surface area (Å²) in [6.45, 7) is 5.89. The largest absolute Gasteiger partial charge is 0.478 e. The average molecular weight is 483 g/mol. The molecule has 1 aliphatic carbocycles. The summed E-state index contributed by atoms with van der Waals surface area (Å²) in [5.41, 5.74) is -0.493. The predicted molar refractivity (Wildman–Crippen MR) is 122 cm³/mol. The van der Waals surface area contributed by atoms with Gasteiger partial charge in [-0.1, -0.05) is 12.1 Å². The molecule has 2 aromatic carbocycles. The van der Waals surface area contributed by atoms with E-state index in [1.807, 2.05) is 0 Å². The Balaban J connectivity index is 1.82. The molecule has 184 valence electrons. The zero-order valence-corrected chi connectivity index (χ0v) is 19.5. The number of rotatable bonds is 2. The van der Waals surface area contributed by atoms with Crippen molar-refractivity contribution in [3.8, 4) is 11.5 Å². The van der Waals surface area contributed by atoms with E-state index in [9.17, 15) is 24.6 Å². The molecule has 10 nitrogen and oxygen atoms in total. The number of hydrogen-bond acceptors (Lipinski definition) is 7. The number of hydrogen-bond donors (Lipinski definition) is 2. The first-order valence-corrected chi connectivity index (χ1v) is 11.3. The highest BCUT2D eigenvalue weighted by atomic mass is 16.7. The van der Waals surface area contributed by atoms with Gasteiger partial charge in [0.15, 0.2) is 17.3 Å². The highest BCUT2D eigenvalue weighted by Crippen LogP contribution is 2.54. The van der Waals surface area contributed by atoms with E-state index in [2.05, 4.69) is 0 Å². The van der Waals surface area contributed by atoms with Gasteiger partial charge < -0.3 is 29.2 Å². The fourth-order valence-corrected chi connectivity index (χ4v) is 4.93. The molecule has 3 aliphatic rings. The summed E-state index contributed by atoms with van der Waals surface area (Å²) < 4.78 is 23.3. The van der Waals surface area contributed by atoms with Gasteiger partial charge in [-0.3, -0.25) is 0 Å². The number of nitrogens with zero attached hydrogens (tertiary/aromatic N) is 1. The van der Waals surface area contributed by atoms with Crippen molar-refractivity contribution in [2.24, 2.45) is 0 Å². The van der Waals surface area contributed by atoms with Gasteiger partial charge in [0.25, 0.3) is 0 Å². The van der Waals surface area contributed by atoms with E-state index < -0.39 is 40.5 Å². The molecule has 0 bridgehead atoms. The molecule has 5 rings (SSSR count). The van der Waals surface area contributed by atoms with Gasteiger partial charge >= 0.3 is 18.0 Å². The third-order valence-corrected chi connectivity index (χ3v) is 6.21. The molecule has 0 radical (unpaired) electrons. The SMILES string of the molecule is CC(C)(C)OC(=O)N1c2ccccc2Oc2c(C(=O)O)c(C(=O)O)c3c(c21)CCC1(C3)OCCO1. The summed E-state index contributed by atoms with van der Waals surface area (Å²) in [5.74, 6) is -3.94. The average Bonchev–Trinajstić information content (AvgIpc) is 3.22. The molecule has 0 aromatic heterocycles. The van der Waals surface area contributed by atoms with Crippen LogP contribution in [0.3, 0.4) is 0 Å².